The van der Waals surface area contributed by atoms with Crippen molar-refractivity contribution in [3.63, 3.8) is 0 Å². The van der Waals surface area contributed by atoms with Gasteiger partial charge < -0.3 is 10.6 Å². The second-order valence-electron chi connectivity index (χ2n) is 4.79. The van der Waals surface area contributed by atoms with Crippen LogP contribution in [0.1, 0.15) is 42.6 Å². The highest BCUT2D eigenvalue weighted by atomic mass is 16.2. The van der Waals surface area contributed by atoms with Gasteiger partial charge in [0.25, 0.3) is 5.91 Å². The van der Waals surface area contributed by atoms with Gasteiger partial charge in [0, 0.05) is 26.2 Å². The van der Waals surface area contributed by atoms with Crippen LogP contribution in [0.2, 0.25) is 0 Å². The molecule has 0 aliphatic heterocycles. The minimum atomic E-state index is -0.0239. The maximum atomic E-state index is 12.2. The van der Waals surface area contributed by atoms with Gasteiger partial charge in [-0.3, -0.25) is 9.48 Å². The summed E-state index contributed by atoms with van der Waals surface area (Å²) in [5.41, 5.74) is 6.13. The van der Waals surface area contributed by atoms with Crippen LogP contribution in [-0.4, -0.2) is 33.7 Å². The van der Waals surface area contributed by atoms with Crippen molar-refractivity contribution in [3.05, 3.63) is 11.8 Å². The molecule has 0 aromatic carbocycles. The molecule has 0 atom stereocenters. The van der Waals surface area contributed by atoms with Crippen LogP contribution in [0.5, 0.6) is 0 Å². The van der Waals surface area contributed by atoms with Crippen molar-refractivity contribution in [2.45, 2.75) is 38.1 Å². The summed E-state index contributed by atoms with van der Waals surface area (Å²) in [4.78, 5) is 14.0. The number of hydrogen-bond donors (Lipinski definition) is 1. The average molecular weight is 236 g/mol. The lowest BCUT2D eigenvalue weighted by Crippen LogP contribution is -2.38. The highest BCUT2D eigenvalue weighted by Gasteiger charge is 2.24. The molecule has 1 heterocycles. The zero-order valence-corrected chi connectivity index (χ0v) is 10.5. The lowest BCUT2D eigenvalue weighted by Gasteiger charge is -2.30. The largest absolute Gasteiger partial charge is 0.384 e. The van der Waals surface area contributed by atoms with E-state index in [1.54, 1.807) is 13.1 Å². The molecule has 1 aliphatic carbocycles. The van der Waals surface area contributed by atoms with Gasteiger partial charge in [0.2, 0.25) is 0 Å². The molecule has 17 heavy (non-hydrogen) atoms. The minimum absolute atomic E-state index is 0.0239. The molecule has 0 saturated heterocycles. The van der Waals surface area contributed by atoms with Crippen LogP contribution < -0.4 is 5.73 Å². The predicted octanol–water partition coefficient (Wildman–Crippen LogP) is 1.41. The van der Waals surface area contributed by atoms with Crippen molar-refractivity contribution in [2.75, 3.05) is 12.8 Å². The van der Waals surface area contributed by atoms with Crippen molar-refractivity contribution in [1.82, 2.24) is 14.7 Å². The number of hydrogen-bond acceptors (Lipinski definition) is 3. The van der Waals surface area contributed by atoms with Crippen molar-refractivity contribution < 1.29 is 4.79 Å². The molecule has 0 bridgehead atoms. The maximum Gasteiger partial charge on any atom is 0.274 e. The molecule has 1 fully saturated rings. The van der Waals surface area contributed by atoms with E-state index in [9.17, 15) is 4.79 Å². The first kappa shape index (κ1) is 12.0. The van der Waals surface area contributed by atoms with E-state index in [0.717, 1.165) is 12.8 Å². The molecule has 0 radical (unpaired) electrons. The Morgan fingerprint density at radius 2 is 2.12 bits per heavy atom. The molecule has 1 aliphatic rings. The zero-order valence-electron chi connectivity index (χ0n) is 10.5. The molecule has 0 unspecified atom stereocenters. The normalized spacial score (nSPS) is 17.1. The standard InChI is InChI=1S/C12H20N4O/c1-15(9-6-4-3-5-7-9)12(17)10-8-11(13)16(2)14-10/h8-9H,3-7,13H2,1-2H3. The summed E-state index contributed by atoms with van der Waals surface area (Å²) in [6, 6.07) is 2.00. The number of amides is 1. The van der Waals surface area contributed by atoms with Crippen LogP contribution >= 0.6 is 0 Å². The molecule has 1 aromatic heterocycles. The zero-order chi connectivity index (χ0) is 12.4. The summed E-state index contributed by atoms with van der Waals surface area (Å²) in [7, 11) is 3.61. The van der Waals surface area contributed by atoms with Gasteiger partial charge in [-0.15, -0.1) is 0 Å². The second-order valence-corrected chi connectivity index (χ2v) is 4.79. The Kier molecular flexibility index (Phi) is 3.36. The molecule has 94 valence electrons. The summed E-state index contributed by atoms with van der Waals surface area (Å²) in [5.74, 6) is 0.495. The summed E-state index contributed by atoms with van der Waals surface area (Å²) >= 11 is 0. The Balaban J connectivity index is 2.08. The number of aryl methyl sites for hydroxylation is 1. The third-order valence-electron chi connectivity index (χ3n) is 3.58. The lowest BCUT2D eigenvalue weighted by atomic mass is 9.94. The number of aromatic nitrogens is 2. The molecular weight excluding hydrogens is 216 g/mol. The van der Waals surface area contributed by atoms with E-state index >= 15 is 0 Å². The number of rotatable bonds is 2. The SMILES string of the molecule is CN(C(=O)c1cc(N)n(C)n1)C1CCCCC1. The summed E-state index contributed by atoms with van der Waals surface area (Å²) < 4.78 is 1.53. The fourth-order valence-electron chi connectivity index (χ4n) is 2.40. The topological polar surface area (TPSA) is 64.2 Å². The number of carbonyl (C=O) groups is 1. The molecule has 1 saturated carbocycles. The Labute approximate surface area is 102 Å². The first-order valence-corrected chi connectivity index (χ1v) is 6.16. The average Bonchev–Trinajstić information content (AvgIpc) is 2.69. The lowest BCUT2D eigenvalue weighted by molar-refractivity contribution is 0.0689. The van der Waals surface area contributed by atoms with E-state index in [0.29, 0.717) is 17.6 Å². The number of nitrogen functional groups attached to an aromatic ring is 1. The van der Waals surface area contributed by atoms with Crippen LogP contribution in [0.25, 0.3) is 0 Å². The van der Waals surface area contributed by atoms with Crippen molar-refractivity contribution in [1.29, 1.82) is 0 Å². The molecular formula is C12H20N4O. The Bertz CT molecular complexity index is 387. The quantitative estimate of drug-likeness (QED) is 0.844. The van der Waals surface area contributed by atoms with Gasteiger partial charge in [-0.1, -0.05) is 19.3 Å². The fourth-order valence-corrected chi connectivity index (χ4v) is 2.40. The van der Waals surface area contributed by atoms with E-state index in [2.05, 4.69) is 5.10 Å². The van der Waals surface area contributed by atoms with Gasteiger partial charge >= 0.3 is 0 Å². The number of nitrogens with zero attached hydrogens (tertiary/aromatic N) is 3. The first-order chi connectivity index (χ1) is 8.09. The predicted molar refractivity (Wildman–Crippen MR) is 66.6 cm³/mol. The molecule has 0 spiro atoms. The van der Waals surface area contributed by atoms with E-state index in [1.807, 2.05) is 11.9 Å². The Hall–Kier alpha value is -1.52. The van der Waals surface area contributed by atoms with E-state index in [-0.39, 0.29) is 5.91 Å². The summed E-state index contributed by atoms with van der Waals surface area (Å²) in [6.07, 6.45) is 5.92. The fraction of sp³-hybridized carbons (Fsp3) is 0.667. The number of nitrogens with two attached hydrogens (primary N) is 1. The second kappa shape index (κ2) is 4.77. The van der Waals surface area contributed by atoms with E-state index < -0.39 is 0 Å². The molecule has 1 aromatic rings. The van der Waals surface area contributed by atoms with Gasteiger partial charge in [0.1, 0.15) is 5.82 Å². The first-order valence-electron chi connectivity index (χ1n) is 6.16. The smallest absolute Gasteiger partial charge is 0.274 e. The van der Waals surface area contributed by atoms with Crippen molar-refractivity contribution in [2.24, 2.45) is 7.05 Å². The Morgan fingerprint density at radius 3 is 2.65 bits per heavy atom. The van der Waals surface area contributed by atoms with Gasteiger partial charge in [0.15, 0.2) is 5.69 Å². The van der Waals surface area contributed by atoms with Crippen molar-refractivity contribution in [3.8, 4) is 0 Å². The maximum absolute atomic E-state index is 12.2. The van der Waals surface area contributed by atoms with Crippen LogP contribution in [0.4, 0.5) is 5.82 Å². The summed E-state index contributed by atoms with van der Waals surface area (Å²) in [6.45, 7) is 0. The van der Waals surface area contributed by atoms with Crippen LogP contribution in [0.15, 0.2) is 6.07 Å². The Morgan fingerprint density at radius 1 is 1.47 bits per heavy atom. The molecule has 2 rings (SSSR count). The van der Waals surface area contributed by atoms with Crippen LogP contribution in [0.3, 0.4) is 0 Å². The highest BCUT2D eigenvalue weighted by molar-refractivity contribution is 5.93. The van der Waals surface area contributed by atoms with Crippen LogP contribution in [0, 0.1) is 0 Å². The van der Waals surface area contributed by atoms with E-state index in [4.69, 9.17) is 5.73 Å². The molecule has 5 heteroatoms. The number of anilines is 1. The third-order valence-corrected chi connectivity index (χ3v) is 3.58. The molecule has 1 amide bonds. The van der Waals surface area contributed by atoms with Gasteiger partial charge in [0.05, 0.1) is 0 Å². The summed E-state index contributed by atoms with van der Waals surface area (Å²) in [5, 5.41) is 4.13. The molecule has 2 N–H and O–H groups in total. The van der Waals surface area contributed by atoms with Crippen LogP contribution in [-0.2, 0) is 7.05 Å². The van der Waals surface area contributed by atoms with E-state index in [1.165, 1.54) is 23.9 Å². The third kappa shape index (κ3) is 2.43. The molecule has 5 nitrogen and oxygen atoms in total. The van der Waals surface area contributed by atoms with Gasteiger partial charge in [-0.25, -0.2) is 0 Å². The van der Waals surface area contributed by atoms with Crippen molar-refractivity contribution >= 4 is 11.7 Å². The number of carbonyl (C=O) groups excluding carboxylic acids is 1. The van der Waals surface area contributed by atoms with Gasteiger partial charge in [-0.05, 0) is 12.8 Å². The van der Waals surface area contributed by atoms with Gasteiger partial charge in [-0.2, -0.15) is 5.10 Å². The monoisotopic (exact) mass is 236 g/mol. The minimum Gasteiger partial charge on any atom is -0.384 e. The highest BCUT2D eigenvalue weighted by Crippen LogP contribution is 2.22.